The molecular weight excluding hydrogens is 273 g/mol. The quantitative estimate of drug-likeness (QED) is 0.940. The monoisotopic (exact) mass is 286 g/mol. The molecule has 0 unspecified atom stereocenters. The van der Waals surface area contributed by atoms with E-state index >= 15 is 0 Å². The second-order valence-corrected chi connectivity index (χ2v) is 4.62. The normalized spacial score (nSPS) is 13.6. The molecule has 0 saturated heterocycles. The molecule has 0 amide bonds. The van der Waals surface area contributed by atoms with Crippen molar-refractivity contribution in [3.8, 4) is 0 Å². The van der Waals surface area contributed by atoms with E-state index in [0.717, 1.165) is 5.52 Å². The first-order valence-electron chi connectivity index (χ1n) is 5.98. The smallest absolute Gasteiger partial charge is 0.392 e. The second-order valence-electron chi connectivity index (χ2n) is 4.62. The number of benzene rings is 1. The summed E-state index contributed by atoms with van der Waals surface area (Å²) in [5.74, 6) is -3.17. The fourth-order valence-electron chi connectivity index (χ4n) is 2.11. The summed E-state index contributed by atoms with van der Waals surface area (Å²) in [6.45, 7) is 0. The molecule has 108 valence electrons. The zero-order chi connectivity index (χ0) is 14.9. The van der Waals surface area contributed by atoms with E-state index in [-0.39, 0.29) is 5.82 Å². The van der Waals surface area contributed by atoms with Crippen molar-refractivity contribution in [1.82, 2.24) is 9.55 Å². The predicted molar refractivity (Wildman–Crippen MR) is 66.2 cm³/mol. The number of para-hydroxylation sites is 2. The highest BCUT2D eigenvalue weighted by atomic mass is 19.4. The largest absolute Gasteiger partial charge is 0.481 e. The lowest BCUT2D eigenvalue weighted by molar-refractivity contribution is -0.183. The van der Waals surface area contributed by atoms with Crippen molar-refractivity contribution in [3.05, 3.63) is 30.1 Å². The Hall–Kier alpha value is -2.05. The Kier molecular flexibility index (Phi) is 3.69. The van der Waals surface area contributed by atoms with E-state index in [1.807, 2.05) is 0 Å². The maximum absolute atomic E-state index is 12.9. The lowest BCUT2D eigenvalue weighted by atomic mass is 10.0. The zero-order valence-electron chi connectivity index (χ0n) is 10.7. The van der Waals surface area contributed by atoms with Crippen LogP contribution < -0.4 is 0 Å². The summed E-state index contributed by atoms with van der Waals surface area (Å²) >= 11 is 0. The fraction of sp³-hybridized carbons (Fsp3) is 0.385. The van der Waals surface area contributed by atoms with E-state index in [2.05, 4.69) is 4.98 Å². The van der Waals surface area contributed by atoms with Gasteiger partial charge in [-0.3, -0.25) is 4.79 Å². The van der Waals surface area contributed by atoms with Gasteiger partial charge in [0.1, 0.15) is 5.82 Å². The topological polar surface area (TPSA) is 55.1 Å². The molecule has 0 aliphatic heterocycles. The summed E-state index contributed by atoms with van der Waals surface area (Å²) in [6.07, 6.45) is -5.95. The summed E-state index contributed by atoms with van der Waals surface area (Å²) in [5.41, 5.74) is 1.32. The van der Waals surface area contributed by atoms with Gasteiger partial charge in [0, 0.05) is 13.5 Å². The number of aliphatic carboxylic acids is 1. The lowest BCUT2D eigenvalue weighted by Crippen LogP contribution is -2.28. The number of nitrogens with zero attached hydrogens (tertiary/aromatic N) is 2. The minimum Gasteiger partial charge on any atom is -0.481 e. The van der Waals surface area contributed by atoms with Crippen LogP contribution in [0.4, 0.5) is 13.2 Å². The Morgan fingerprint density at radius 3 is 2.60 bits per heavy atom. The van der Waals surface area contributed by atoms with Gasteiger partial charge in [-0.2, -0.15) is 13.2 Å². The summed E-state index contributed by atoms with van der Waals surface area (Å²) in [7, 11) is 1.62. The molecule has 0 radical (unpaired) electrons. The van der Waals surface area contributed by atoms with Crippen molar-refractivity contribution in [1.29, 1.82) is 0 Å². The number of aromatic nitrogens is 2. The number of alkyl halides is 3. The SMILES string of the molecule is Cn1c(C[C@@H](CC(=O)O)C(F)(F)F)nc2ccccc21. The molecule has 0 spiro atoms. The van der Waals surface area contributed by atoms with Crippen LogP contribution in [-0.2, 0) is 18.3 Å². The summed E-state index contributed by atoms with van der Waals surface area (Å²) in [5, 5.41) is 8.61. The van der Waals surface area contributed by atoms with Gasteiger partial charge in [-0.05, 0) is 12.1 Å². The van der Waals surface area contributed by atoms with Crippen molar-refractivity contribution in [3.63, 3.8) is 0 Å². The highest BCUT2D eigenvalue weighted by molar-refractivity contribution is 5.75. The van der Waals surface area contributed by atoms with Crippen LogP contribution in [0, 0.1) is 5.92 Å². The van der Waals surface area contributed by atoms with Crippen LogP contribution in [0.5, 0.6) is 0 Å². The molecule has 1 heterocycles. The molecule has 0 aliphatic carbocycles. The van der Waals surface area contributed by atoms with E-state index in [1.165, 1.54) is 0 Å². The molecular formula is C13H13F3N2O2. The van der Waals surface area contributed by atoms with E-state index in [9.17, 15) is 18.0 Å². The maximum atomic E-state index is 12.9. The van der Waals surface area contributed by atoms with Crippen LogP contribution in [0.1, 0.15) is 12.2 Å². The summed E-state index contributed by atoms with van der Waals surface area (Å²) in [4.78, 5) is 14.7. The van der Waals surface area contributed by atoms with Crippen molar-refractivity contribution in [2.75, 3.05) is 0 Å². The van der Waals surface area contributed by atoms with Gasteiger partial charge in [-0.25, -0.2) is 4.98 Å². The van der Waals surface area contributed by atoms with Gasteiger partial charge in [-0.1, -0.05) is 12.1 Å². The Labute approximate surface area is 112 Å². The molecule has 0 saturated carbocycles. The number of fused-ring (bicyclic) bond motifs is 1. The third kappa shape index (κ3) is 2.92. The van der Waals surface area contributed by atoms with E-state index in [4.69, 9.17) is 5.11 Å². The van der Waals surface area contributed by atoms with E-state index < -0.39 is 30.9 Å². The molecule has 20 heavy (non-hydrogen) atoms. The molecule has 0 fully saturated rings. The number of halogens is 3. The third-order valence-corrected chi connectivity index (χ3v) is 3.19. The van der Waals surface area contributed by atoms with Crippen LogP contribution in [0.2, 0.25) is 0 Å². The van der Waals surface area contributed by atoms with Crippen LogP contribution in [0.25, 0.3) is 11.0 Å². The molecule has 1 aromatic heterocycles. The first-order chi connectivity index (χ1) is 9.29. The van der Waals surface area contributed by atoms with Crippen LogP contribution in [0.15, 0.2) is 24.3 Å². The summed E-state index contributed by atoms with van der Waals surface area (Å²) < 4.78 is 40.1. The molecule has 1 N–H and O–H groups in total. The average Bonchev–Trinajstić information content (AvgIpc) is 2.65. The molecule has 2 rings (SSSR count). The number of hydrogen-bond acceptors (Lipinski definition) is 2. The van der Waals surface area contributed by atoms with E-state index in [0.29, 0.717) is 5.52 Å². The first-order valence-corrected chi connectivity index (χ1v) is 5.98. The fourth-order valence-corrected chi connectivity index (χ4v) is 2.11. The number of carboxylic acids is 1. The standard InChI is InChI=1S/C13H13F3N2O2/c1-18-10-5-3-2-4-9(10)17-11(18)6-8(7-12(19)20)13(14,15)16/h2-5,8H,6-7H2,1H3,(H,19,20)/t8-/m0/s1. The highest BCUT2D eigenvalue weighted by Crippen LogP contribution is 2.32. The first kappa shape index (κ1) is 14.4. The van der Waals surface area contributed by atoms with Crippen molar-refractivity contribution >= 4 is 17.0 Å². The predicted octanol–water partition coefficient (Wildman–Crippen LogP) is 2.77. The van der Waals surface area contributed by atoms with Crippen molar-refractivity contribution in [2.45, 2.75) is 19.0 Å². The Morgan fingerprint density at radius 2 is 2.05 bits per heavy atom. The van der Waals surface area contributed by atoms with E-state index in [1.54, 1.807) is 35.9 Å². The minimum absolute atomic E-state index is 0.231. The average molecular weight is 286 g/mol. The molecule has 1 atom stereocenters. The van der Waals surface area contributed by atoms with Gasteiger partial charge in [0.25, 0.3) is 0 Å². The summed E-state index contributed by atoms with van der Waals surface area (Å²) in [6, 6.07) is 6.98. The van der Waals surface area contributed by atoms with Gasteiger partial charge in [0.05, 0.1) is 23.4 Å². The van der Waals surface area contributed by atoms with Crippen LogP contribution in [-0.4, -0.2) is 26.8 Å². The van der Waals surface area contributed by atoms with Crippen LogP contribution in [0.3, 0.4) is 0 Å². The Balaban J connectivity index is 2.33. The zero-order valence-corrected chi connectivity index (χ0v) is 10.7. The number of hydrogen-bond donors (Lipinski definition) is 1. The van der Waals surface area contributed by atoms with Gasteiger partial charge in [-0.15, -0.1) is 0 Å². The lowest BCUT2D eigenvalue weighted by Gasteiger charge is -2.18. The second kappa shape index (κ2) is 5.15. The third-order valence-electron chi connectivity index (χ3n) is 3.19. The number of rotatable bonds is 4. The van der Waals surface area contributed by atoms with Crippen molar-refractivity contribution in [2.24, 2.45) is 13.0 Å². The molecule has 4 nitrogen and oxygen atoms in total. The molecule has 0 bridgehead atoms. The van der Waals surface area contributed by atoms with Gasteiger partial charge < -0.3 is 9.67 Å². The number of carbonyl (C=O) groups is 1. The molecule has 0 aliphatic rings. The van der Waals surface area contributed by atoms with Gasteiger partial charge in [0.15, 0.2) is 0 Å². The molecule has 2 aromatic rings. The number of carboxylic acid groups (broad SMARTS) is 1. The maximum Gasteiger partial charge on any atom is 0.392 e. The molecule has 7 heteroatoms. The van der Waals surface area contributed by atoms with Gasteiger partial charge >= 0.3 is 12.1 Å². The van der Waals surface area contributed by atoms with Gasteiger partial charge in [0.2, 0.25) is 0 Å². The van der Waals surface area contributed by atoms with Crippen LogP contribution >= 0.6 is 0 Å². The number of aryl methyl sites for hydroxylation is 1. The Bertz CT molecular complexity index is 634. The Morgan fingerprint density at radius 1 is 1.40 bits per heavy atom. The highest BCUT2D eigenvalue weighted by Gasteiger charge is 2.41. The molecule has 1 aromatic carbocycles. The minimum atomic E-state index is -4.56. The number of imidazole rings is 1. The van der Waals surface area contributed by atoms with Crippen molar-refractivity contribution < 1.29 is 23.1 Å².